The van der Waals surface area contributed by atoms with E-state index >= 15 is 4.39 Å². The molecule has 0 aromatic rings. The highest BCUT2D eigenvalue weighted by Crippen LogP contribution is 2.36. The molecule has 6 heterocycles. The summed E-state index contributed by atoms with van der Waals surface area (Å²) >= 11 is 0. The van der Waals surface area contributed by atoms with E-state index in [0.29, 0.717) is 31.6 Å². The van der Waals surface area contributed by atoms with Crippen molar-refractivity contribution in [2.75, 3.05) is 45.8 Å². The Bertz CT molecular complexity index is 868. The molecule has 0 spiro atoms. The van der Waals surface area contributed by atoms with Crippen LogP contribution in [-0.4, -0.2) is 115 Å². The lowest BCUT2D eigenvalue weighted by atomic mass is 9.86. The first-order valence-electron chi connectivity index (χ1n) is 14.7. The van der Waals surface area contributed by atoms with Gasteiger partial charge in [0.2, 0.25) is 11.8 Å². The van der Waals surface area contributed by atoms with Crippen molar-refractivity contribution in [3.05, 3.63) is 0 Å². The maximum atomic E-state index is 15.4. The molecule has 1 saturated carbocycles. The summed E-state index contributed by atoms with van der Waals surface area (Å²) in [6.07, 6.45) is 4.15. The summed E-state index contributed by atoms with van der Waals surface area (Å²) in [7, 11) is 0. The van der Waals surface area contributed by atoms with Gasteiger partial charge in [-0.2, -0.15) is 0 Å². The summed E-state index contributed by atoms with van der Waals surface area (Å²) in [6.45, 7) is 3.24. The highest BCUT2D eigenvalue weighted by Gasteiger charge is 2.49. The Balaban J connectivity index is 1.07. The molecule has 7 atom stereocenters. The molecule has 214 valence electrons. The third kappa shape index (κ3) is 5.19. The molecular weight excluding hydrogens is 494 g/mol. The molecule has 10 nitrogen and oxygen atoms in total. The van der Waals surface area contributed by atoms with Crippen LogP contribution in [0.2, 0.25) is 0 Å². The van der Waals surface area contributed by atoms with Crippen molar-refractivity contribution in [3.8, 4) is 0 Å². The fourth-order valence-electron chi connectivity index (χ4n) is 7.97. The Morgan fingerprint density at radius 1 is 0.921 bits per heavy atom. The van der Waals surface area contributed by atoms with Crippen LogP contribution in [0, 0.1) is 17.8 Å². The molecule has 0 aromatic carbocycles. The number of halogens is 2. The molecule has 7 rings (SSSR count). The molecule has 7 unspecified atom stereocenters. The third-order valence-electron chi connectivity index (χ3n) is 10.1. The van der Waals surface area contributed by atoms with E-state index in [1.54, 1.807) is 5.01 Å². The van der Waals surface area contributed by atoms with E-state index in [9.17, 15) is 14.0 Å². The highest BCUT2D eigenvalue weighted by molar-refractivity contribution is 5.81. The van der Waals surface area contributed by atoms with Crippen LogP contribution in [0.4, 0.5) is 8.78 Å². The van der Waals surface area contributed by atoms with Gasteiger partial charge in [0.15, 0.2) is 0 Å². The first-order valence-corrected chi connectivity index (χ1v) is 14.7. The Kier molecular flexibility index (Phi) is 7.89. The van der Waals surface area contributed by atoms with Crippen molar-refractivity contribution in [2.45, 2.75) is 87.7 Å². The van der Waals surface area contributed by atoms with E-state index in [4.69, 9.17) is 5.73 Å². The second-order valence-electron chi connectivity index (χ2n) is 12.4. The molecule has 6 aliphatic heterocycles. The molecule has 1 aliphatic carbocycles. The molecule has 0 aromatic heterocycles. The number of alkyl halides is 2. The fraction of sp³-hybridized carbons (Fsp3) is 0.923. The zero-order chi connectivity index (χ0) is 26.4. The SMILES string of the molecule is NC1NN2CC(F)CNC2C1C(=O)NC1CNCC(F)C1N1CCC(C(=O)N2CCC3CCC2CC3)CC1. The van der Waals surface area contributed by atoms with E-state index in [2.05, 4.69) is 31.2 Å². The maximum Gasteiger partial charge on any atom is 0.229 e. The summed E-state index contributed by atoms with van der Waals surface area (Å²) < 4.78 is 29.2. The van der Waals surface area contributed by atoms with Crippen LogP contribution in [0.15, 0.2) is 0 Å². The van der Waals surface area contributed by atoms with Crippen molar-refractivity contribution in [1.82, 2.24) is 36.2 Å². The minimum absolute atomic E-state index is 0.00136. The van der Waals surface area contributed by atoms with Crippen LogP contribution in [0.3, 0.4) is 0 Å². The maximum absolute atomic E-state index is 15.4. The first-order chi connectivity index (χ1) is 18.4. The lowest BCUT2D eigenvalue weighted by Crippen LogP contribution is -2.67. The molecule has 12 heteroatoms. The molecule has 2 amide bonds. The first kappa shape index (κ1) is 26.8. The zero-order valence-corrected chi connectivity index (χ0v) is 22.2. The summed E-state index contributed by atoms with van der Waals surface area (Å²) in [4.78, 5) is 31.2. The molecule has 7 fully saturated rings. The van der Waals surface area contributed by atoms with Crippen molar-refractivity contribution in [1.29, 1.82) is 0 Å². The summed E-state index contributed by atoms with van der Waals surface area (Å²) in [6, 6.07) is -0.472. The Labute approximate surface area is 223 Å². The van der Waals surface area contributed by atoms with Gasteiger partial charge < -0.3 is 21.3 Å². The van der Waals surface area contributed by atoms with Gasteiger partial charge in [0.05, 0.1) is 30.3 Å². The van der Waals surface area contributed by atoms with Gasteiger partial charge in [-0.05, 0) is 64.0 Å². The average Bonchev–Trinajstić information content (AvgIpc) is 3.03. The molecular formula is C26H44F2N8O2. The van der Waals surface area contributed by atoms with Crippen molar-refractivity contribution < 1.29 is 18.4 Å². The fourth-order valence-corrected chi connectivity index (χ4v) is 7.97. The molecule has 38 heavy (non-hydrogen) atoms. The van der Waals surface area contributed by atoms with E-state index in [1.165, 1.54) is 12.8 Å². The molecule has 6 N–H and O–H groups in total. The quantitative estimate of drug-likeness (QED) is 0.318. The Morgan fingerprint density at radius 2 is 1.68 bits per heavy atom. The van der Waals surface area contributed by atoms with Gasteiger partial charge in [-0.15, -0.1) is 0 Å². The number of hydrogen-bond donors (Lipinski definition) is 5. The Morgan fingerprint density at radius 3 is 2.45 bits per heavy atom. The zero-order valence-electron chi connectivity index (χ0n) is 22.2. The van der Waals surface area contributed by atoms with Crippen LogP contribution in [0.25, 0.3) is 0 Å². The highest BCUT2D eigenvalue weighted by atomic mass is 19.1. The summed E-state index contributed by atoms with van der Waals surface area (Å²) in [5.74, 6) is 0.213. The molecule has 6 saturated heterocycles. The minimum atomic E-state index is -1.13. The number of nitrogens with two attached hydrogens (primary N) is 1. The predicted molar refractivity (Wildman–Crippen MR) is 138 cm³/mol. The van der Waals surface area contributed by atoms with Gasteiger partial charge in [0, 0.05) is 44.7 Å². The van der Waals surface area contributed by atoms with Crippen molar-refractivity contribution in [2.24, 2.45) is 23.5 Å². The van der Waals surface area contributed by atoms with Crippen LogP contribution >= 0.6 is 0 Å². The van der Waals surface area contributed by atoms with E-state index in [0.717, 1.165) is 44.6 Å². The number of likely N-dealkylation sites (tertiary alicyclic amines) is 1. The minimum Gasteiger partial charge on any atom is -0.350 e. The lowest BCUT2D eigenvalue weighted by molar-refractivity contribution is -0.140. The number of piperidine rings is 2. The van der Waals surface area contributed by atoms with Crippen molar-refractivity contribution in [3.63, 3.8) is 0 Å². The molecule has 0 radical (unpaired) electrons. The van der Waals surface area contributed by atoms with E-state index in [-0.39, 0.29) is 31.5 Å². The van der Waals surface area contributed by atoms with Gasteiger partial charge in [0.1, 0.15) is 12.3 Å². The van der Waals surface area contributed by atoms with Gasteiger partial charge >= 0.3 is 0 Å². The summed E-state index contributed by atoms with van der Waals surface area (Å²) in [5.41, 5.74) is 9.23. The second-order valence-corrected chi connectivity index (χ2v) is 12.4. The number of hydrazine groups is 1. The average molecular weight is 539 g/mol. The number of amides is 2. The van der Waals surface area contributed by atoms with Crippen LogP contribution in [-0.2, 0) is 9.59 Å². The topological polar surface area (TPSA) is 118 Å². The normalized spacial score (nSPS) is 43.0. The van der Waals surface area contributed by atoms with Crippen molar-refractivity contribution >= 4 is 11.8 Å². The number of carbonyl (C=O) groups excluding carboxylic acids is 2. The van der Waals surface area contributed by atoms with Gasteiger partial charge in [-0.1, -0.05) is 0 Å². The number of rotatable bonds is 4. The second kappa shape index (κ2) is 11.2. The third-order valence-corrected chi connectivity index (χ3v) is 10.1. The largest absolute Gasteiger partial charge is 0.350 e. The van der Waals surface area contributed by atoms with Gasteiger partial charge in [0.25, 0.3) is 0 Å². The number of hydrogen-bond acceptors (Lipinski definition) is 8. The predicted octanol–water partition coefficient (Wildman–Crippen LogP) is -0.727. The van der Waals surface area contributed by atoms with Crippen LogP contribution < -0.4 is 27.1 Å². The standard InChI is InChI=1S/C26H44F2N8O2/c27-17-11-31-24-21(23(29)33-36(24)14-17)25(37)32-20-13-30-12-19(28)22(20)34-8-6-16(7-9-34)26(38)35-10-5-15-1-3-18(35)4-2-15/h15-24,30-31,33H,1-14,29H2,(H,32,37). The van der Waals surface area contributed by atoms with Gasteiger partial charge in [-0.3, -0.25) is 19.8 Å². The van der Waals surface area contributed by atoms with E-state index in [1.807, 2.05) is 0 Å². The Hall–Kier alpha value is -1.44. The molecule has 7 aliphatic rings. The smallest absolute Gasteiger partial charge is 0.229 e. The monoisotopic (exact) mass is 538 g/mol. The van der Waals surface area contributed by atoms with Crippen LogP contribution in [0.1, 0.15) is 44.9 Å². The van der Waals surface area contributed by atoms with Gasteiger partial charge in [-0.25, -0.2) is 19.2 Å². The number of nitrogens with zero attached hydrogens (tertiary/aromatic N) is 3. The number of nitrogens with one attached hydrogen (secondary N) is 4. The number of carbonyl (C=O) groups is 2. The summed E-state index contributed by atoms with van der Waals surface area (Å²) in [5, 5.41) is 10.9. The number of fused-ring (bicyclic) bond motifs is 5. The van der Waals surface area contributed by atoms with E-state index < -0.39 is 42.7 Å². The van der Waals surface area contributed by atoms with Crippen LogP contribution in [0.5, 0.6) is 0 Å². The lowest BCUT2D eigenvalue weighted by Gasteiger charge is -2.46. The molecule has 2 bridgehead atoms.